The highest BCUT2D eigenvalue weighted by Gasteiger charge is 2.07. The van der Waals surface area contributed by atoms with Crippen LogP contribution in [0, 0.1) is 10.6 Å². The SMILES string of the molecule is Fc1ccc2[nH]c(=S)n(Cc3cc(Br)cs3)c2c1. The lowest BCUT2D eigenvalue weighted by molar-refractivity contribution is 0.628. The molecule has 0 unspecified atom stereocenters. The van der Waals surface area contributed by atoms with Gasteiger partial charge in [0.05, 0.1) is 17.6 Å². The van der Waals surface area contributed by atoms with E-state index in [4.69, 9.17) is 12.2 Å². The summed E-state index contributed by atoms with van der Waals surface area (Å²) in [5, 5.41) is 2.02. The normalized spacial score (nSPS) is 11.2. The van der Waals surface area contributed by atoms with Gasteiger partial charge in [-0.05, 0) is 52.4 Å². The van der Waals surface area contributed by atoms with Crippen molar-refractivity contribution in [3.8, 4) is 0 Å². The Kier molecular flexibility index (Phi) is 3.09. The van der Waals surface area contributed by atoms with Crippen molar-refractivity contribution < 1.29 is 4.39 Å². The van der Waals surface area contributed by atoms with Gasteiger partial charge in [0.2, 0.25) is 0 Å². The third kappa shape index (κ3) is 2.15. The maximum absolute atomic E-state index is 13.3. The van der Waals surface area contributed by atoms with Crippen molar-refractivity contribution in [1.29, 1.82) is 0 Å². The molecule has 0 atom stereocenters. The zero-order valence-corrected chi connectivity index (χ0v) is 12.3. The summed E-state index contributed by atoms with van der Waals surface area (Å²) in [4.78, 5) is 4.25. The van der Waals surface area contributed by atoms with Crippen LogP contribution in [-0.4, -0.2) is 9.55 Å². The van der Waals surface area contributed by atoms with E-state index in [0.717, 1.165) is 15.5 Å². The summed E-state index contributed by atoms with van der Waals surface area (Å²) < 4.78 is 16.9. The number of nitrogens with one attached hydrogen (secondary N) is 1. The van der Waals surface area contributed by atoms with Gasteiger partial charge in [0.15, 0.2) is 4.77 Å². The first-order valence-electron chi connectivity index (χ1n) is 5.24. The Morgan fingerprint density at radius 2 is 2.22 bits per heavy atom. The van der Waals surface area contributed by atoms with Crippen LogP contribution in [-0.2, 0) is 6.54 Å². The van der Waals surface area contributed by atoms with Crippen molar-refractivity contribution in [2.45, 2.75) is 6.54 Å². The number of thiophene rings is 1. The lowest BCUT2D eigenvalue weighted by Gasteiger charge is -2.02. The molecule has 92 valence electrons. The number of hydrogen-bond acceptors (Lipinski definition) is 2. The number of rotatable bonds is 2. The van der Waals surface area contributed by atoms with Crippen LogP contribution >= 0.6 is 39.5 Å². The van der Waals surface area contributed by atoms with Crippen LogP contribution < -0.4 is 0 Å². The minimum absolute atomic E-state index is 0.252. The van der Waals surface area contributed by atoms with Crippen molar-refractivity contribution >= 4 is 50.5 Å². The summed E-state index contributed by atoms with van der Waals surface area (Å²) in [5.41, 5.74) is 1.65. The van der Waals surface area contributed by atoms with Gasteiger partial charge in [0.1, 0.15) is 5.82 Å². The molecule has 2 nitrogen and oxygen atoms in total. The molecule has 1 N–H and O–H groups in total. The molecule has 0 aliphatic heterocycles. The molecule has 0 saturated heterocycles. The van der Waals surface area contributed by atoms with E-state index < -0.39 is 0 Å². The summed E-state index contributed by atoms with van der Waals surface area (Å²) in [5.74, 6) is -0.252. The lowest BCUT2D eigenvalue weighted by Crippen LogP contribution is -1.97. The number of aromatic nitrogens is 2. The Morgan fingerprint density at radius 3 is 2.94 bits per heavy atom. The summed E-state index contributed by atoms with van der Waals surface area (Å²) in [6, 6.07) is 6.69. The van der Waals surface area contributed by atoms with Crippen LogP contribution in [0.2, 0.25) is 0 Å². The van der Waals surface area contributed by atoms with E-state index in [0.29, 0.717) is 11.3 Å². The number of H-pyrrole nitrogens is 1. The zero-order valence-electron chi connectivity index (χ0n) is 9.11. The minimum atomic E-state index is -0.252. The zero-order chi connectivity index (χ0) is 12.7. The third-order valence-corrected chi connectivity index (χ3v) is 4.68. The van der Waals surface area contributed by atoms with Crippen LogP contribution in [0.1, 0.15) is 4.88 Å². The Labute approximate surface area is 120 Å². The first kappa shape index (κ1) is 12.1. The standard InChI is InChI=1S/C12H8BrFN2S2/c13-7-3-9(18-6-7)5-16-11-4-8(14)1-2-10(11)15-12(16)17/h1-4,6H,5H2,(H,15,17). The smallest absolute Gasteiger partial charge is 0.178 e. The van der Waals surface area contributed by atoms with Gasteiger partial charge in [-0.1, -0.05) is 0 Å². The topological polar surface area (TPSA) is 20.7 Å². The molecule has 1 aromatic carbocycles. The highest BCUT2D eigenvalue weighted by Crippen LogP contribution is 2.23. The predicted octanol–water partition coefficient (Wildman–Crippen LogP) is 4.71. The molecule has 0 amide bonds. The van der Waals surface area contributed by atoms with Crippen LogP contribution in [0.25, 0.3) is 11.0 Å². The average molecular weight is 343 g/mol. The molecule has 0 bridgehead atoms. The predicted molar refractivity (Wildman–Crippen MR) is 78.2 cm³/mol. The van der Waals surface area contributed by atoms with E-state index in [2.05, 4.69) is 20.9 Å². The van der Waals surface area contributed by atoms with Gasteiger partial charge in [-0.25, -0.2) is 4.39 Å². The molecular formula is C12H8BrFN2S2. The van der Waals surface area contributed by atoms with E-state index in [-0.39, 0.29) is 5.82 Å². The first-order chi connectivity index (χ1) is 8.63. The van der Waals surface area contributed by atoms with Crippen LogP contribution in [0.15, 0.2) is 34.1 Å². The summed E-state index contributed by atoms with van der Waals surface area (Å²) >= 11 is 10.4. The number of nitrogens with zero attached hydrogens (tertiary/aromatic N) is 1. The van der Waals surface area contributed by atoms with Crippen molar-refractivity contribution in [3.05, 3.63) is 49.6 Å². The summed E-state index contributed by atoms with van der Waals surface area (Å²) in [6.07, 6.45) is 0. The van der Waals surface area contributed by atoms with Gasteiger partial charge < -0.3 is 9.55 Å². The number of aromatic amines is 1. The fourth-order valence-electron chi connectivity index (χ4n) is 1.88. The van der Waals surface area contributed by atoms with Crippen LogP contribution in [0.4, 0.5) is 4.39 Å². The molecular weight excluding hydrogens is 335 g/mol. The lowest BCUT2D eigenvalue weighted by atomic mass is 10.3. The van der Waals surface area contributed by atoms with E-state index in [1.54, 1.807) is 17.4 Å². The molecule has 3 rings (SSSR count). The van der Waals surface area contributed by atoms with Crippen molar-refractivity contribution in [2.24, 2.45) is 0 Å². The maximum Gasteiger partial charge on any atom is 0.178 e. The van der Waals surface area contributed by atoms with Crippen LogP contribution in [0.3, 0.4) is 0 Å². The quantitative estimate of drug-likeness (QED) is 0.669. The van der Waals surface area contributed by atoms with Gasteiger partial charge in [0, 0.05) is 14.7 Å². The third-order valence-electron chi connectivity index (χ3n) is 2.67. The highest BCUT2D eigenvalue weighted by atomic mass is 79.9. The second kappa shape index (κ2) is 4.60. The Hall–Kier alpha value is -0.980. The van der Waals surface area contributed by atoms with E-state index in [1.165, 1.54) is 17.0 Å². The number of halogens is 2. The van der Waals surface area contributed by atoms with Gasteiger partial charge in [-0.15, -0.1) is 11.3 Å². The number of fused-ring (bicyclic) bond motifs is 1. The van der Waals surface area contributed by atoms with Crippen molar-refractivity contribution in [3.63, 3.8) is 0 Å². The molecule has 3 aromatic rings. The molecule has 2 heterocycles. The first-order valence-corrected chi connectivity index (χ1v) is 7.32. The van der Waals surface area contributed by atoms with Gasteiger partial charge >= 0.3 is 0 Å². The second-order valence-electron chi connectivity index (χ2n) is 3.91. The van der Waals surface area contributed by atoms with Gasteiger partial charge in [-0.3, -0.25) is 0 Å². The summed E-state index contributed by atoms with van der Waals surface area (Å²) in [7, 11) is 0. The number of hydrogen-bond donors (Lipinski definition) is 1. The number of imidazole rings is 1. The largest absolute Gasteiger partial charge is 0.331 e. The van der Waals surface area contributed by atoms with Crippen molar-refractivity contribution in [1.82, 2.24) is 9.55 Å². The fraction of sp³-hybridized carbons (Fsp3) is 0.0833. The van der Waals surface area contributed by atoms with Crippen molar-refractivity contribution in [2.75, 3.05) is 0 Å². The number of benzene rings is 1. The summed E-state index contributed by atoms with van der Waals surface area (Å²) in [6.45, 7) is 0.651. The average Bonchev–Trinajstić information content (AvgIpc) is 2.86. The molecule has 0 aliphatic carbocycles. The molecule has 0 saturated carbocycles. The minimum Gasteiger partial charge on any atom is -0.331 e. The Bertz CT molecular complexity index is 772. The van der Waals surface area contributed by atoms with Gasteiger partial charge in [-0.2, -0.15) is 0 Å². The molecule has 0 aliphatic rings. The highest BCUT2D eigenvalue weighted by molar-refractivity contribution is 9.10. The van der Waals surface area contributed by atoms with E-state index >= 15 is 0 Å². The van der Waals surface area contributed by atoms with E-state index in [9.17, 15) is 4.39 Å². The second-order valence-corrected chi connectivity index (χ2v) is 6.21. The Balaban J connectivity index is 2.13. The fourth-order valence-corrected chi connectivity index (χ4v) is 3.59. The molecule has 2 aromatic heterocycles. The van der Waals surface area contributed by atoms with Crippen LogP contribution in [0.5, 0.6) is 0 Å². The van der Waals surface area contributed by atoms with E-state index in [1.807, 2.05) is 16.0 Å². The molecule has 0 spiro atoms. The molecule has 0 radical (unpaired) electrons. The van der Waals surface area contributed by atoms with Gasteiger partial charge in [0.25, 0.3) is 0 Å². The maximum atomic E-state index is 13.3. The molecule has 6 heteroatoms. The Morgan fingerprint density at radius 1 is 1.39 bits per heavy atom. The molecule has 0 fully saturated rings. The monoisotopic (exact) mass is 342 g/mol. The molecule has 18 heavy (non-hydrogen) atoms.